The molecule has 4 rings (SSSR count). The highest BCUT2D eigenvalue weighted by molar-refractivity contribution is 6.28. The van der Waals surface area contributed by atoms with Gasteiger partial charge in [-0.25, -0.2) is 0 Å². The Labute approximate surface area is 230 Å². The van der Waals surface area contributed by atoms with Crippen LogP contribution in [-0.2, 0) is 9.59 Å². The molecule has 2 amide bonds. The van der Waals surface area contributed by atoms with Crippen molar-refractivity contribution in [1.29, 1.82) is 0 Å². The van der Waals surface area contributed by atoms with Gasteiger partial charge < -0.3 is 24.5 Å². The minimum atomic E-state index is -0.666. The standard InChI is InChI=1S/C30H27N3O7/c1-3-38-24-12-8-21(9-13-24)31-29(34)27(30(35)32-22-10-14-25(15-11-22)39-4-2)19-26-16-17-28(40-26)20-6-5-7-23(18-20)33(36)37/h5-19H,3-4H2,1-2H3,(H,31,34)(H,32,35). The largest absolute Gasteiger partial charge is 0.494 e. The van der Waals surface area contributed by atoms with E-state index in [1.165, 1.54) is 18.2 Å². The third kappa shape index (κ3) is 7.13. The molecule has 0 atom stereocenters. The van der Waals surface area contributed by atoms with E-state index >= 15 is 0 Å². The Morgan fingerprint density at radius 3 is 1.88 bits per heavy atom. The summed E-state index contributed by atoms with van der Waals surface area (Å²) in [7, 11) is 0. The van der Waals surface area contributed by atoms with E-state index < -0.39 is 16.7 Å². The summed E-state index contributed by atoms with van der Waals surface area (Å²) in [5, 5.41) is 16.6. The highest BCUT2D eigenvalue weighted by atomic mass is 16.6. The quantitative estimate of drug-likeness (QED) is 0.0747. The van der Waals surface area contributed by atoms with Crippen LogP contribution < -0.4 is 20.1 Å². The number of anilines is 2. The Hall–Kier alpha value is -5.38. The summed E-state index contributed by atoms with van der Waals surface area (Å²) in [6, 6.07) is 22.6. The predicted octanol–water partition coefficient (Wildman–Crippen LogP) is 6.31. The van der Waals surface area contributed by atoms with Crippen molar-refractivity contribution in [3.8, 4) is 22.8 Å². The highest BCUT2D eigenvalue weighted by Crippen LogP contribution is 2.27. The number of hydrogen-bond donors (Lipinski definition) is 2. The summed E-state index contributed by atoms with van der Waals surface area (Å²) in [6.45, 7) is 4.75. The van der Waals surface area contributed by atoms with Gasteiger partial charge in [0, 0.05) is 29.1 Å². The van der Waals surface area contributed by atoms with Gasteiger partial charge in [-0.1, -0.05) is 12.1 Å². The summed E-state index contributed by atoms with van der Waals surface area (Å²) in [4.78, 5) is 37.2. The molecule has 0 bridgehead atoms. The zero-order valence-electron chi connectivity index (χ0n) is 21.9. The van der Waals surface area contributed by atoms with Gasteiger partial charge in [0.2, 0.25) is 0 Å². The molecule has 0 aliphatic heterocycles. The normalized spacial score (nSPS) is 10.3. The molecule has 2 N–H and O–H groups in total. The fraction of sp³-hybridized carbons (Fsp3) is 0.133. The minimum absolute atomic E-state index is 0.0869. The molecule has 10 nitrogen and oxygen atoms in total. The summed E-state index contributed by atoms with van der Waals surface area (Å²) >= 11 is 0. The summed E-state index contributed by atoms with van der Waals surface area (Å²) in [6.07, 6.45) is 1.31. The smallest absolute Gasteiger partial charge is 0.270 e. The third-order valence-corrected chi connectivity index (χ3v) is 5.59. The molecule has 0 aliphatic rings. The average molecular weight is 542 g/mol. The van der Waals surface area contributed by atoms with Crippen LogP contribution in [0.5, 0.6) is 11.5 Å². The Balaban J connectivity index is 1.61. The first kappa shape index (κ1) is 27.6. The van der Waals surface area contributed by atoms with Crippen molar-refractivity contribution in [2.75, 3.05) is 23.8 Å². The van der Waals surface area contributed by atoms with E-state index in [4.69, 9.17) is 13.9 Å². The molecule has 0 radical (unpaired) electrons. The maximum absolute atomic E-state index is 13.3. The van der Waals surface area contributed by atoms with Gasteiger partial charge >= 0.3 is 0 Å². The monoisotopic (exact) mass is 541 g/mol. The molecule has 4 aromatic rings. The number of ether oxygens (including phenoxy) is 2. The SMILES string of the molecule is CCOc1ccc(NC(=O)C(=Cc2ccc(-c3cccc([N+](=O)[O-])c3)o2)C(=O)Nc2ccc(OCC)cc2)cc1. The lowest BCUT2D eigenvalue weighted by Gasteiger charge is -2.11. The molecule has 40 heavy (non-hydrogen) atoms. The van der Waals surface area contributed by atoms with Crippen molar-refractivity contribution in [2.24, 2.45) is 0 Å². The van der Waals surface area contributed by atoms with Crippen LogP contribution in [0, 0.1) is 10.1 Å². The third-order valence-electron chi connectivity index (χ3n) is 5.59. The molecule has 0 saturated carbocycles. The van der Waals surface area contributed by atoms with Crippen molar-refractivity contribution in [2.45, 2.75) is 13.8 Å². The number of nitro groups is 1. The first-order valence-electron chi connectivity index (χ1n) is 12.5. The number of benzene rings is 3. The van der Waals surface area contributed by atoms with Gasteiger partial charge in [-0.05, 0) is 80.6 Å². The van der Waals surface area contributed by atoms with Gasteiger partial charge in [-0.2, -0.15) is 0 Å². The number of nitro benzene ring substituents is 1. The van der Waals surface area contributed by atoms with Gasteiger partial charge in [0.15, 0.2) is 0 Å². The molecule has 10 heteroatoms. The second kappa shape index (κ2) is 12.9. The number of nitrogens with one attached hydrogen (secondary N) is 2. The summed E-state index contributed by atoms with van der Waals surface area (Å²) in [5.41, 5.74) is 1.10. The van der Waals surface area contributed by atoms with Crippen molar-refractivity contribution in [1.82, 2.24) is 0 Å². The average Bonchev–Trinajstić information content (AvgIpc) is 3.43. The molecule has 0 saturated heterocycles. The number of non-ortho nitro benzene ring substituents is 1. The zero-order chi connectivity index (χ0) is 28.5. The summed E-state index contributed by atoms with van der Waals surface area (Å²) < 4.78 is 16.7. The molecule has 3 aromatic carbocycles. The van der Waals surface area contributed by atoms with Crippen LogP contribution in [0.4, 0.5) is 17.1 Å². The maximum Gasteiger partial charge on any atom is 0.270 e. The Kier molecular flexibility index (Phi) is 8.93. The predicted molar refractivity (Wildman–Crippen MR) is 151 cm³/mol. The van der Waals surface area contributed by atoms with E-state index in [0.29, 0.717) is 47.4 Å². The van der Waals surface area contributed by atoms with Crippen molar-refractivity contribution >= 4 is 35.0 Å². The van der Waals surface area contributed by atoms with Crippen molar-refractivity contribution < 1.29 is 28.4 Å². The van der Waals surface area contributed by atoms with Gasteiger partial charge in [0.05, 0.1) is 18.1 Å². The van der Waals surface area contributed by atoms with Gasteiger partial charge in [0.1, 0.15) is 28.6 Å². The number of rotatable bonds is 11. The van der Waals surface area contributed by atoms with Crippen LogP contribution in [-0.4, -0.2) is 30.0 Å². The number of hydrogen-bond acceptors (Lipinski definition) is 7. The number of nitrogens with zero attached hydrogens (tertiary/aromatic N) is 1. The zero-order valence-corrected chi connectivity index (χ0v) is 21.9. The minimum Gasteiger partial charge on any atom is -0.494 e. The highest BCUT2D eigenvalue weighted by Gasteiger charge is 2.21. The van der Waals surface area contributed by atoms with Crippen LogP contribution in [0.3, 0.4) is 0 Å². The van der Waals surface area contributed by atoms with Crippen LogP contribution in [0.15, 0.2) is 94.9 Å². The Morgan fingerprint density at radius 2 is 1.38 bits per heavy atom. The van der Waals surface area contributed by atoms with Crippen molar-refractivity contribution in [3.05, 3.63) is 106 Å². The number of amides is 2. The molecule has 204 valence electrons. The summed E-state index contributed by atoms with van der Waals surface area (Å²) in [5.74, 6) is 0.512. The second-order valence-corrected chi connectivity index (χ2v) is 8.39. The van der Waals surface area contributed by atoms with Gasteiger partial charge in [-0.3, -0.25) is 19.7 Å². The lowest BCUT2D eigenvalue weighted by atomic mass is 10.1. The lowest BCUT2D eigenvalue weighted by Crippen LogP contribution is -2.25. The first-order valence-corrected chi connectivity index (χ1v) is 12.5. The van der Waals surface area contributed by atoms with Crippen molar-refractivity contribution in [3.63, 3.8) is 0 Å². The van der Waals surface area contributed by atoms with E-state index in [1.807, 2.05) is 13.8 Å². The van der Waals surface area contributed by atoms with Crippen LogP contribution in [0.25, 0.3) is 17.4 Å². The van der Waals surface area contributed by atoms with Gasteiger partial charge in [-0.15, -0.1) is 0 Å². The second-order valence-electron chi connectivity index (χ2n) is 8.39. The Bertz CT molecular complexity index is 1460. The van der Waals surface area contributed by atoms with Gasteiger partial charge in [0.25, 0.3) is 17.5 Å². The molecule has 0 unspecified atom stereocenters. The topological polar surface area (TPSA) is 133 Å². The molecular weight excluding hydrogens is 514 g/mol. The van der Waals surface area contributed by atoms with E-state index in [0.717, 1.165) is 0 Å². The van der Waals surface area contributed by atoms with E-state index in [-0.39, 0.29) is 17.0 Å². The fourth-order valence-corrected chi connectivity index (χ4v) is 3.73. The lowest BCUT2D eigenvalue weighted by molar-refractivity contribution is -0.384. The molecule has 0 fully saturated rings. The van der Waals surface area contributed by atoms with Crippen LogP contribution in [0.2, 0.25) is 0 Å². The first-order chi connectivity index (χ1) is 19.4. The number of furan rings is 1. The molecule has 0 aliphatic carbocycles. The fourth-order valence-electron chi connectivity index (χ4n) is 3.73. The number of carbonyl (C=O) groups is 2. The van der Waals surface area contributed by atoms with Crippen LogP contribution >= 0.6 is 0 Å². The van der Waals surface area contributed by atoms with E-state index in [2.05, 4.69) is 10.6 Å². The molecule has 1 aromatic heterocycles. The molecule has 0 spiro atoms. The van der Waals surface area contributed by atoms with E-state index in [9.17, 15) is 19.7 Å². The van der Waals surface area contributed by atoms with E-state index in [1.54, 1.807) is 72.8 Å². The maximum atomic E-state index is 13.3. The number of carbonyl (C=O) groups excluding carboxylic acids is 2. The Morgan fingerprint density at radius 1 is 0.825 bits per heavy atom. The van der Waals surface area contributed by atoms with Crippen LogP contribution in [0.1, 0.15) is 19.6 Å². The molecule has 1 heterocycles. The molecular formula is C30H27N3O7.